The molecule has 2 aromatic rings. The van der Waals surface area contributed by atoms with Crippen LogP contribution in [0.25, 0.3) is 0 Å². The van der Waals surface area contributed by atoms with E-state index in [2.05, 4.69) is 26.3 Å². The van der Waals surface area contributed by atoms with E-state index in [1.165, 1.54) is 0 Å². The number of nitrogens with one attached hydrogen (secondary N) is 1. The number of halogens is 1. The lowest BCUT2D eigenvalue weighted by Gasteiger charge is -2.16. The molecule has 1 aromatic heterocycles. The molecule has 0 spiro atoms. The van der Waals surface area contributed by atoms with Crippen molar-refractivity contribution in [1.82, 2.24) is 15.1 Å². The van der Waals surface area contributed by atoms with Gasteiger partial charge >= 0.3 is 0 Å². The molecule has 0 aliphatic carbocycles. The number of carbonyl (C=O) groups excluding carboxylic acids is 1. The van der Waals surface area contributed by atoms with Crippen molar-refractivity contribution in [3.63, 3.8) is 0 Å². The number of nitrogens with zero attached hydrogens (tertiary/aromatic N) is 3. The van der Waals surface area contributed by atoms with Gasteiger partial charge in [-0.05, 0) is 38.0 Å². The molecule has 0 aliphatic rings. The third-order valence-electron chi connectivity index (χ3n) is 3.79. The van der Waals surface area contributed by atoms with Gasteiger partial charge < -0.3 is 5.32 Å². The summed E-state index contributed by atoms with van der Waals surface area (Å²) in [7, 11) is 0. The minimum absolute atomic E-state index is 0.0224. The Kier molecular flexibility index (Phi) is 5.52. The van der Waals surface area contributed by atoms with Gasteiger partial charge in [0.15, 0.2) is 0 Å². The summed E-state index contributed by atoms with van der Waals surface area (Å²) in [6.45, 7) is 4.99. The first-order valence-corrected chi connectivity index (χ1v) is 8.16. The van der Waals surface area contributed by atoms with Crippen LogP contribution < -0.4 is 10.9 Å². The van der Waals surface area contributed by atoms with Crippen LogP contribution in [0.15, 0.2) is 33.5 Å². The molecular weight excluding hydrogens is 372 g/mol. The zero-order valence-electron chi connectivity index (χ0n) is 13.6. The highest BCUT2D eigenvalue weighted by atomic mass is 79.9. The summed E-state index contributed by atoms with van der Waals surface area (Å²) in [4.78, 5) is 24.5. The molecule has 124 valence electrons. The fourth-order valence-corrected chi connectivity index (χ4v) is 2.97. The van der Waals surface area contributed by atoms with Gasteiger partial charge in [0.1, 0.15) is 18.2 Å². The standard InChI is InChI=1S/C17H17BrN4O2/c1-10-11(2)21-22(17(24)14(10)8-19)9-16(23)20-12(3)13-6-4-5-7-15(13)18/h4-7,12H,9H2,1-3H3,(H,20,23)/t12-/m0/s1. The summed E-state index contributed by atoms with van der Waals surface area (Å²) >= 11 is 3.45. The van der Waals surface area contributed by atoms with Gasteiger partial charge in [0, 0.05) is 4.47 Å². The Morgan fingerprint density at radius 2 is 2.08 bits per heavy atom. The predicted molar refractivity (Wildman–Crippen MR) is 93.4 cm³/mol. The monoisotopic (exact) mass is 388 g/mol. The molecule has 0 fully saturated rings. The molecule has 2 rings (SSSR count). The van der Waals surface area contributed by atoms with E-state index in [-0.39, 0.29) is 24.1 Å². The molecule has 0 unspecified atom stereocenters. The van der Waals surface area contributed by atoms with Crippen molar-refractivity contribution >= 4 is 21.8 Å². The smallest absolute Gasteiger partial charge is 0.285 e. The lowest BCUT2D eigenvalue weighted by Crippen LogP contribution is -2.36. The van der Waals surface area contributed by atoms with Crippen molar-refractivity contribution in [2.75, 3.05) is 0 Å². The topological polar surface area (TPSA) is 87.8 Å². The van der Waals surface area contributed by atoms with E-state index in [0.29, 0.717) is 11.3 Å². The van der Waals surface area contributed by atoms with E-state index < -0.39 is 5.56 Å². The van der Waals surface area contributed by atoms with Crippen molar-refractivity contribution in [2.24, 2.45) is 0 Å². The lowest BCUT2D eigenvalue weighted by molar-refractivity contribution is -0.122. The lowest BCUT2D eigenvalue weighted by atomic mass is 10.1. The Morgan fingerprint density at radius 1 is 1.42 bits per heavy atom. The van der Waals surface area contributed by atoms with Gasteiger partial charge in [0.2, 0.25) is 5.91 Å². The Morgan fingerprint density at radius 3 is 2.71 bits per heavy atom. The predicted octanol–water partition coefficient (Wildman–Crippen LogP) is 2.37. The number of aryl methyl sites for hydroxylation is 1. The molecule has 1 amide bonds. The highest BCUT2D eigenvalue weighted by Gasteiger charge is 2.16. The maximum atomic E-state index is 12.2. The highest BCUT2D eigenvalue weighted by molar-refractivity contribution is 9.10. The second kappa shape index (κ2) is 7.41. The minimum atomic E-state index is -0.552. The van der Waals surface area contributed by atoms with E-state index in [0.717, 1.165) is 14.7 Å². The molecule has 6 nitrogen and oxygen atoms in total. The van der Waals surface area contributed by atoms with E-state index in [1.807, 2.05) is 37.3 Å². The van der Waals surface area contributed by atoms with Crippen LogP contribution in [0, 0.1) is 25.2 Å². The van der Waals surface area contributed by atoms with Crippen LogP contribution in [0.1, 0.15) is 35.3 Å². The Labute approximate surface area is 148 Å². The van der Waals surface area contributed by atoms with Gasteiger partial charge in [-0.15, -0.1) is 0 Å². The molecule has 0 aliphatic heterocycles. The van der Waals surface area contributed by atoms with Gasteiger partial charge in [-0.3, -0.25) is 9.59 Å². The quantitative estimate of drug-likeness (QED) is 0.870. The third kappa shape index (κ3) is 3.71. The van der Waals surface area contributed by atoms with Gasteiger partial charge in [0.05, 0.1) is 11.7 Å². The molecule has 1 heterocycles. The van der Waals surface area contributed by atoms with E-state index in [4.69, 9.17) is 5.26 Å². The average Bonchev–Trinajstić information content (AvgIpc) is 2.53. The number of carbonyl (C=O) groups is 1. The first-order chi connectivity index (χ1) is 11.3. The zero-order valence-corrected chi connectivity index (χ0v) is 15.2. The summed E-state index contributed by atoms with van der Waals surface area (Å²) in [5.41, 5.74) is 1.50. The first kappa shape index (κ1) is 17.9. The van der Waals surface area contributed by atoms with Crippen LogP contribution in [0.5, 0.6) is 0 Å². The average molecular weight is 389 g/mol. The van der Waals surface area contributed by atoms with Crippen molar-refractivity contribution in [2.45, 2.75) is 33.4 Å². The molecule has 0 radical (unpaired) electrons. The number of nitriles is 1. The number of hydrogen-bond donors (Lipinski definition) is 1. The summed E-state index contributed by atoms with van der Waals surface area (Å²) in [5, 5.41) is 16.0. The molecular formula is C17H17BrN4O2. The van der Waals surface area contributed by atoms with Crippen molar-refractivity contribution in [3.05, 3.63) is 61.5 Å². The molecule has 0 saturated heterocycles. The second-order valence-corrected chi connectivity index (χ2v) is 6.33. The Bertz CT molecular complexity index is 883. The van der Waals surface area contributed by atoms with Crippen LogP contribution in [-0.2, 0) is 11.3 Å². The van der Waals surface area contributed by atoms with Crippen LogP contribution in [-0.4, -0.2) is 15.7 Å². The van der Waals surface area contributed by atoms with Gasteiger partial charge in [-0.25, -0.2) is 4.68 Å². The fourth-order valence-electron chi connectivity index (χ4n) is 2.34. The Hall–Kier alpha value is -2.46. The maximum absolute atomic E-state index is 12.2. The van der Waals surface area contributed by atoms with Crippen LogP contribution in [0.4, 0.5) is 0 Å². The second-order valence-electron chi connectivity index (χ2n) is 5.47. The van der Waals surface area contributed by atoms with Gasteiger partial charge in [0.25, 0.3) is 5.56 Å². The number of rotatable bonds is 4. The Balaban J connectivity index is 2.20. The fraction of sp³-hybridized carbons (Fsp3) is 0.294. The summed E-state index contributed by atoms with van der Waals surface area (Å²) in [5.74, 6) is -0.347. The van der Waals surface area contributed by atoms with Gasteiger partial charge in [-0.2, -0.15) is 10.4 Å². The highest BCUT2D eigenvalue weighted by Crippen LogP contribution is 2.22. The maximum Gasteiger partial charge on any atom is 0.285 e. The SMILES string of the molecule is Cc1nn(CC(=O)N[C@@H](C)c2ccccc2Br)c(=O)c(C#N)c1C. The van der Waals surface area contributed by atoms with E-state index in [9.17, 15) is 9.59 Å². The molecule has 1 aromatic carbocycles. The zero-order chi connectivity index (χ0) is 17.9. The molecule has 1 N–H and O–H groups in total. The minimum Gasteiger partial charge on any atom is -0.348 e. The van der Waals surface area contributed by atoms with Crippen molar-refractivity contribution in [3.8, 4) is 6.07 Å². The molecule has 0 bridgehead atoms. The van der Waals surface area contributed by atoms with E-state index >= 15 is 0 Å². The summed E-state index contributed by atoms with van der Waals surface area (Å²) in [6, 6.07) is 9.23. The van der Waals surface area contributed by atoms with Gasteiger partial charge in [-0.1, -0.05) is 34.1 Å². The summed E-state index contributed by atoms with van der Waals surface area (Å²) in [6.07, 6.45) is 0. The van der Waals surface area contributed by atoms with Crippen molar-refractivity contribution < 1.29 is 4.79 Å². The number of benzene rings is 1. The van der Waals surface area contributed by atoms with Crippen molar-refractivity contribution in [1.29, 1.82) is 5.26 Å². The van der Waals surface area contributed by atoms with Crippen LogP contribution in [0.2, 0.25) is 0 Å². The molecule has 7 heteroatoms. The van der Waals surface area contributed by atoms with Crippen LogP contribution in [0.3, 0.4) is 0 Å². The molecule has 1 atom stereocenters. The third-order valence-corrected chi connectivity index (χ3v) is 4.51. The largest absolute Gasteiger partial charge is 0.348 e. The summed E-state index contributed by atoms with van der Waals surface area (Å²) < 4.78 is 1.93. The molecule has 24 heavy (non-hydrogen) atoms. The van der Waals surface area contributed by atoms with Crippen LogP contribution >= 0.6 is 15.9 Å². The van der Waals surface area contributed by atoms with E-state index in [1.54, 1.807) is 13.8 Å². The molecule has 0 saturated carbocycles. The first-order valence-electron chi connectivity index (χ1n) is 7.37. The number of hydrogen-bond acceptors (Lipinski definition) is 4. The normalized spacial score (nSPS) is 11.6. The number of aromatic nitrogens is 2. The number of amides is 1.